The lowest BCUT2D eigenvalue weighted by molar-refractivity contribution is -0.00686. The zero-order valence-corrected chi connectivity index (χ0v) is 15.1. The van der Waals surface area contributed by atoms with E-state index in [4.69, 9.17) is 4.74 Å². The molecule has 3 nitrogen and oxygen atoms in total. The topological polar surface area (TPSA) is 29.5 Å². The van der Waals surface area contributed by atoms with Crippen molar-refractivity contribution in [1.82, 2.24) is 4.90 Å². The van der Waals surface area contributed by atoms with E-state index < -0.39 is 11.6 Å². The van der Waals surface area contributed by atoms with Gasteiger partial charge in [-0.05, 0) is 48.7 Å². The zero-order chi connectivity index (χ0) is 17.8. The highest BCUT2D eigenvalue weighted by atomic mass is 79.9. The van der Waals surface area contributed by atoms with Gasteiger partial charge in [0.05, 0.1) is 12.7 Å². The summed E-state index contributed by atoms with van der Waals surface area (Å²) < 4.78 is 33.1. The average molecular weight is 410 g/mol. The fourth-order valence-electron chi connectivity index (χ4n) is 2.97. The summed E-state index contributed by atoms with van der Waals surface area (Å²) in [4.78, 5) is 14.4. The van der Waals surface area contributed by atoms with Crippen molar-refractivity contribution in [3.8, 4) is 0 Å². The summed E-state index contributed by atoms with van der Waals surface area (Å²) in [5.41, 5.74) is 1.08. The summed E-state index contributed by atoms with van der Waals surface area (Å²) in [6, 6.07) is 10.6. The molecule has 2 aromatic rings. The van der Waals surface area contributed by atoms with Crippen LogP contribution in [0.5, 0.6) is 0 Å². The molecule has 1 heterocycles. The SMILES string of the molecule is O=C(c1cccc(Br)c1)N1CCCC(OCc2cc(F)cc(F)c2)C1. The molecular weight excluding hydrogens is 392 g/mol. The Balaban J connectivity index is 1.60. The molecule has 0 bridgehead atoms. The number of carbonyl (C=O) groups excluding carboxylic acids is 1. The van der Waals surface area contributed by atoms with E-state index >= 15 is 0 Å². The summed E-state index contributed by atoms with van der Waals surface area (Å²) >= 11 is 3.37. The summed E-state index contributed by atoms with van der Waals surface area (Å²) in [5.74, 6) is -1.27. The molecule has 0 spiro atoms. The average Bonchev–Trinajstić information content (AvgIpc) is 2.59. The number of benzene rings is 2. The maximum atomic E-state index is 13.2. The summed E-state index contributed by atoms with van der Waals surface area (Å²) in [5, 5.41) is 0. The van der Waals surface area contributed by atoms with Gasteiger partial charge in [-0.25, -0.2) is 8.78 Å². The summed E-state index contributed by atoms with van der Waals surface area (Å²) in [6.07, 6.45) is 1.51. The number of nitrogens with zero attached hydrogens (tertiary/aromatic N) is 1. The molecular formula is C19H18BrF2NO2. The number of piperidine rings is 1. The first-order valence-corrected chi connectivity index (χ1v) is 8.92. The second-order valence-electron chi connectivity index (χ2n) is 6.11. The van der Waals surface area contributed by atoms with Crippen molar-refractivity contribution in [3.63, 3.8) is 0 Å². The first-order valence-electron chi connectivity index (χ1n) is 8.12. The van der Waals surface area contributed by atoms with Gasteiger partial charge in [-0.2, -0.15) is 0 Å². The lowest BCUT2D eigenvalue weighted by Gasteiger charge is -2.32. The Bertz CT molecular complexity index is 749. The molecule has 0 aliphatic carbocycles. The maximum absolute atomic E-state index is 13.2. The minimum Gasteiger partial charge on any atom is -0.372 e. The van der Waals surface area contributed by atoms with Crippen LogP contribution in [-0.4, -0.2) is 30.0 Å². The van der Waals surface area contributed by atoms with Crippen LogP contribution in [0.1, 0.15) is 28.8 Å². The Hall–Kier alpha value is -1.79. The van der Waals surface area contributed by atoms with Crippen LogP contribution >= 0.6 is 15.9 Å². The number of hydrogen-bond donors (Lipinski definition) is 0. The molecule has 1 amide bonds. The minimum absolute atomic E-state index is 0.0357. The lowest BCUT2D eigenvalue weighted by Crippen LogP contribution is -2.43. The highest BCUT2D eigenvalue weighted by Crippen LogP contribution is 2.20. The van der Waals surface area contributed by atoms with E-state index in [2.05, 4.69) is 15.9 Å². The molecule has 1 aliphatic rings. The van der Waals surface area contributed by atoms with E-state index in [0.29, 0.717) is 24.2 Å². The van der Waals surface area contributed by atoms with Crippen LogP contribution in [0.3, 0.4) is 0 Å². The fourth-order valence-corrected chi connectivity index (χ4v) is 3.37. The molecule has 1 saturated heterocycles. The molecule has 0 saturated carbocycles. The molecule has 2 aromatic carbocycles. The van der Waals surface area contributed by atoms with E-state index in [1.165, 1.54) is 12.1 Å². The Morgan fingerprint density at radius 1 is 1.20 bits per heavy atom. The number of ether oxygens (including phenoxy) is 1. The predicted molar refractivity (Wildman–Crippen MR) is 94.2 cm³/mol. The van der Waals surface area contributed by atoms with Gasteiger partial charge in [-0.15, -0.1) is 0 Å². The van der Waals surface area contributed by atoms with Gasteiger partial charge >= 0.3 is 0 Å². The van der Waals surface area contributed by atoms with Crippen molar-refractivity contribution in [2.45, 2.75) is 25.6 Å². The number of rotatable bonds is 4. The van der Waals surface area contributed by atoms with Gasteiger partial charge in [0.25, 0.3) is 5.91 Å². The number of halogens is 3. The minimum atomic E-state index is -0.617. The second kappa shape index (κ2) is 8.06. The van der Waals surface area contributed by atoms with Gasteiger partial charge in [0.1, 0.15) is 11.6 Å². The van der Waals surface area contributed by atoms with Crippen molar-refractivity contribution >= 4 is 21.8 Å². The van der Waals surface area contributed by atoms with Crippen LogP contribution in [0.25, 0.3) is 0 Å². The van der Waals surface area contributed by atoms with Crippen molar-refractivity contribution in [2.24, 2.45) is 0 Å². The van der Waals surface area contributed by atoms with Crippen molar-refractivity contribution in [2.75, 3.05) is 13.1 Å². The molecule has 132 valence electrons. The molecule has 3 rings (SSSR count). The largest absolute Gasteiger partial charge is 0.372 e. The van der Waals surface area contributed by atoms with Crippen LogP contribution < -0.4 is 0 Å². The highest BCUT2D eigenvalue weighted by Gasteiger charge is 2.25. The molecule has 0 radical (unpaired) electrons. The van der Waals surface area contributed by atoms with E-state index in [0.717, 1.165) is 23.4 Å². The van der Waals surface area contributed by atoms with Crippen molar-refractivity contribution in [1.29, 1.82) is 0 Å². The molecule has 25 heavy (non-hydrogen) atoms. The Kier molecular flexibility index (Phi) is 5.81. The van der Waals surface area contributed by atoms with Gasteiger partial charge in [-0.3, -0.25) is 4.79 Å². The normalized spacial score (nSPS) is 17.6. The molecule has 1 unspecified atom stereocenters. The van der Waals surface area contributed by atoms with Gasteiger partial charge in [0.2, 0.25) is 0 Å². The van der Waals surface area contributed by atoms with Gasteiger partial charge in [0, 0.05) is 29.2 Å². The van der Waals surface area contributed by atoms with Crippen LogP contribution in [0.2, 0.25) is 0 Å². The lowest BCUT2D eigenvalue weighted by atomic mass is 10.1. The van der Waals surface area contributed by atoms with Gasteiger partial charge in [0.15, 0.2) is 0 Å². The maximum Gasteiger partial charge on any atom is 0.253 e. The second-order valence-corrected chi connectivity index (χ2v) is 7.03. The van der Waals surface area contributed by atoms with Crippen LogP contribution in [0, 0.1) is 11.6 Å². The summed E-state index contributed by atoms with van der Waals surface area (Å²) in [7, 11) is 0. The monoisotopic (exact) mass is 409 g/mol. The number of hydrogen-bond acceptors (Lipinski definition) is 2. The Labute approximate surface area is 153 Å². The Morgan fingerprint density at radius 2 is 1.96 bits per heavy atom. The van der Waals surface area contributed by atoms with Gasteiger partial charge in [-0.1, -0.05) is 22.0 Å². The van der Waals surface area contributed by atoms with Crippen LogP contribution in [0.15, 0.2) is 46.9 Å². The summed E-state index contributed by atoms with van der Waals surface area (Å²) in [6.45, 7) is 1.28. The number of carbonyl (C=O) groups is 1. The Morgan fingerprint density at radius 3 is 2.68 bits per heavy atom. The van der Waals surface area contributed by atoms with Gasteiger partial charge < -0.3 is 9.64 Å². The van der Waals surface area contributed by atoms with Crippen molar-refractivity contribution < 1.29 is 18.3 Å². The number of likely N-dealkylation sites (tertiary alicyclic amines) is 1. The van der Waals surface area contributed by atoms with E-state index in [-0.39, 0.29) is 18.6 Å². The highest BCUT2D eigenvalue weighted by molar-refractivity contribution is 9.10. The molecule has 0 N–H and O–H groups in total. The van der Waals surface area contributed by atoms with Crippen LogP contribution in [0.4, 0.5) is 8.78 Å². The smallest absolute Gasteiger partial charge is 0.253 e. The fraction of sp³-hybridized carbons (Fsp3) is 0.316. The third kappa shape index (κ3) is 4.86. The third-order valence-electron chi connectivity index (χ3n) is 4.14. The third-order valence-corrected chi connectivity index (χ3v) is 4.64. The molecule has 6 heteroatoms. The predicted octanol–water partition coefficient (Wildman–Crippen LogP) is 4.55. The number of amides is 1. The molecule has 1 atom stereocenters. The first-order chi connectivity index (χ1) is 12.0. The molecule has 1 fully saturated rings. The van der Waals surface area contributed by atoms with Crippen LogP contribution in [-0.2, 0) is 11.3 Å². The quantitative estimate of drug-likeness (QED) is 0.741. The van der Waals surface area contributed by atoms with E-state index in [1.54, 1.807) is 17.0 Å². The molecule has 1 aliphatic heterocycles. The van der Waals surface area contributed by atoms with E-state index in [1.807, 2.05) is 12.1 Å². The zero-order valence-electron chi connectivity index (χ0n) is 13.6. The standard InChI is InChI=1S/C19H18BrF2NO2/c20-15-4-1-3-14(9-15)19(24)23-6-2-5-18(11-23)25-12-13-7-16(21)10-17(22)8-13/h1,3-4,7-10,18H,2,5-6,11-12H2. The molecule has 0 aromatic heterocycles. The van der Waals surface area contributed by atoms with E-state index in [9.17, 15) is 13.6 Å². The first kappa shape index (κ1) is 18.0. The van der Waals surface area contributed by atoms with Crippen molar-refractivity contribution in [3.05, 3.63) is 69.7 Å².